The highest BCUT2D eigenvalue weighted by Crippen LogP contribution is 2.05. The number of amides is 3. The Hall–Kier alpha value is -1.14. The Morgan fingerprint density at radius 3 is 2.53 bits per heavy atom. The average Bonchev–Trinajstić information content (AvgIpc) is 2.14. The predicted molar refractivity (Wildman–Crippen MR) is 65.7 cm³/mol. The molecule has 0 radical (unpaired) electrons. The van der Waals surface area contributed by atoms with E-state index in [-0.39, 0.29) is 12.5 Å². The van der Waals surface area contributed by atoms with Crippen LogP contribution in [0.25, 0.3) is 0 Å². The molecule has 17 heavy (non-hydrogen) atoms. The van der Waals surface area contributed by atoms with Crippen LogP contribution in [0.1, 0.15) is 20.3 Å². The summed E-state index contributed by atoms with van der Waals surface area (Å²) in [5.74, 6) is -0.240. The first-order valence-corrected chi connectivity index (χ1v) is 6.19. The van der Waals surface area contributed by atoms with Crippen LogP contribution in [0.3, 0.4) is 0 Å². The highest BCUT2D eigenvalue weighted by Gasteiger charge is 2.25. The molecule has 6 nitrogen and oxygen atoms in total. The minimum Gasteiger partial charge on any atom is -0.338 e. The summed E-state index contributed by atoms with van der Waals surface area (Å²) in [5, 5.41) is 8.04. The standard InChI is InChI=1S/C11H22N4O2/c1-3-5-15(9-6-12-7-9)8-10(16)14-11(17)13-4-2/h9,12H,3-8H2,1-2H3,(H2,13,14,16,17). The van der Waals surface area contributed by atoms with Gasteiger partial charge >= 0.3 is 6.03 Å². The van der Waals surface area contributed by atoms with E-state index in [1.807, 2.05) is 6.92 Å². The van der Waals surface area contributed by atoms with Crippen LogP contribution in [-0.4, -0.2) is 55.6 Å². The number of imide groups is 1. The summed E-state index contributed by atoms with van der Waals surface area (Å²) in [7, 11) is 0. The lowest BCUT2D eigenvalue weighted by Gasteiger charge is -2.37. The second-order valence-corrected chi connectivity index (χ2v) is 4.19. The molecular formula is C11H22N4O2. The number of carbonyl (C=O) groups is 2. The Balaban J connectivity index is 2.32. The first kappa shape index (κ1) is 13.9. The molecular weight excluding hydrogens is 220 g/mol. The van der Waals surface area contributed by atoms with Crippen molar-refractivity contribution in [2.45, 2.75) is 26.3 Å². The van der Waals surface area contributed by atoms with Crippen LogP contribution in [0, 0.1) is 0 Å². The van der Waals surface area contributed by atoms with Gasteiger partial charge in [0.25, 0.3) is 0 Å². The lowest BCUT2D eigenvalue weighted by Crippen LogP contribution is -2.59. The zero-order valence-corrected chi connectivity index (χ0v) is 10.6. The van der Waals surface area contributed by atoms with E-state index in [4.69, 9.17) is 0 Å². The van der Waals surface area contributed by atoms with Crippen LogP contribution < -0.4 is 16.0 Å². The highest BCUT2D eigenvalue weighted by molar-refractivity contribution is 5.95. The zero-order valence-electron chi connectivity index (χ0n) is 10.6. The number of urea groups is 1. The maximum atomic E-state index is 11.6. The van der Waals surface area contributed by atoms with Crippen molar-refractivity contribution in [1.82, 2.24) is 20.9 Å². The molecule has 0 unspecified atom stereocenters. The van der Waals surface area contributed by atoms with Gasteiger partial charge in [-0.3, -0.25) is 15.0 Å². The van der Waals surface area contributed by atoms with Crippen molar-refractivity contribution in [2.75, 3.05) is 32.7 Å². The lowest BCUT2D eigenvalue weighted by molar-refractivity contribution is -0.122. The minimum absolute atomic E-state index is 0.240. The molecule has 0 bridgehead atoms. The van der Waals surface area contributed by atoms with Crippen molar-refractivity contribution in [3.63, 3.8) is 0 Å². The van der Waals surface area contributed by atoms with Gasteiger partial charge in [0.2, 0.25) is 5.91 Å². The molecule has 1 fully saturated rings. The van der Waals surface area contributed by atoms with Crippen molar-refractivity contribution < 1.29 is 9.59 Å². The van der Waals surface area contributed by atoms with Crippen molar-refractivity contribution in [3.8, 4) is 0 Å². The maximum absolute atomic E-state index is 11.6. The van der Waals surface area contributed by atoms with E-state index in [1.165, 1.54) is 0 Å². The second-order valence-electron chi connectivity index (χ2n) is 4.19. The molecule has 0 aromatic heterocycles. The lowest BCUT2D eigenvalue weighted by atomic mass is 10.1. The molecule has 3 N–H and O–H groups in total. The number of hydrogen-bond acceptors (Lipinski definition) is 4. The first-order chi connectivity index (χ1) is 8.17. The third-order valence-electron chi connectivity index (χ3n) is 2.72. The van der Waals surface area contributed by atoms with Gasteiger partial charge < -0.3 is 10.6 Å². The smallest absolute Gasteiger partial charge is 0.321 e. The van der Waals surface area contributed by atoms with E-state index in [2.05, 4.69) is 27.8 Å². The van der Waals surface area contributed by atoms with Gasteiger partial charge in [0.15, 0.2) is 0 Å². The molecule has 1 rings (SSSR count). The van der Waals surface area contributed by atoms with Crippen LogP contribution in [0.15, 0.2) is 0 Å². The van der Waals surface area contributed by atoms with Crippen molar-refractivity contribution in [1.29, 1.82) is 0 Å². The molecule has 0 aromatic rings. The van der Waals surface area contributed by atoms with Gasteiger partial charge in [0.1, 0.15) is 0 Å². The van der Waals surface area contributed by atoms with Crippen LogP contribution >= 0.6 is 0 Å². The van der Waals surface area contributed by atoms with Gasteiger partial charge in [-0.25, -0.2) is 4.79 Å². The van der Waals surface area contributed by atoms with Crippen LogP contribution in [0.2, 0.25) is 0 Å². The van der Waals surface area contributed by atoms with Gasteiger partial charge in [0.05, 0.1) is 6.54 Å². The van der Waals surface area contributed by atoms with Crippen molar-refractivity contribution in [2.24, 2.45) is 0 Å². The monoisotopic (exact) mass is 242 g/mol. The molecule has 1 aliphatic heterocycles. The van der Waals surface area contributed by atoms with Crippen LogP contribution in [0.5, 0.6) is 0 Å². The fraction of sp³-hybridized carbons (Fsp3) is 0.818. The van der Waals surface area contributed by atoms with Crippen molar-refractivity contribution >= 4 is 11.9 Å². The molecule has 0 spiro atoms. The summed E-state index contributed by atoms with van der Waals surface area (Å²) in [5.41, 5.74) is 0. The molecule has 6 heteroatoms. The normalized spacial score (nSPS) is 15.5. The number of nitrogens with zero attached hydrogens (tertiary/aromatic N) is 1. The molecule has 0 saturated carbocycles. The molecule has 1 saturated heterocycles. The second kappa shape index (κ2) is 7.24. The van der Waals surface area contributed by atoms with E-state index in [0.717, 1.165) is 26.1 Å². The van der Waals surface area contributed by atoms with Gasteiger partial charge in [-0.15, -0.1) is 0 Å². The number of nitrogens with one attached hydrogen (secondary N) is 3. The maximum Gasteiger partial charge on any atom is 0.321 e. The highest BCUT2D eigenvalue weighted by atomic mass is 16.2. The van der Waals surface area contributed by atoms with E-state index < -0.39 is 6.03 Å². The Labute approximate surface area is 102 Å². The predicted octanol–water partition coefficient (Wildman–Crippen LogP) is -0.484. The SMILES string of the molecule is CCCN(CC(=O)NC(=O)NCC)C1CNC1. The van der Waals surface area contributed by atoms with Gasteiger partial charge in [0, 0.05) is 25.7 Å². The molecule has 0 atom stereocenters. The molecule has 3 amide bonds. The van der Waals surface area contributed by atoms with Crippen LogP contribution in [-0.2, 0) is 4.79 Å². The topological polar surface area (TPSA) is 73.5 Å². The minimum atomic E-state index is -0.416. The summed E-state index contributed by atoms with van der Waals surface area (Å²) in [6.45, 7) is 7.44. The van der Waals surface area contributed by atoms with E-state index in [0.29, 0.717) is 12.6 Å². The number of carbonyl (C=O) groups excluding carboxylic acids is 2. The quantitative estimate of drug-likeness (QED) is 0.588. The molecule has 1 aliphatic rings. The van der Waals surface area contributed by atoms with E-state index in [1.54, 1.807) is 0 Å². The third kappa shape index (κ3) is 4.70. The summed E-state index contributed by atoms with van der Waals surface area (Å²) < 4.78 is 0. The molecule has 0 aromatic carbocycles. The van der Waals surface area contributed by atoms with Gasteiger partial charge in [-0.05, 0) is 19.9 Å². The first-order valence-electron chi connectivity index (χ1n) is 6.19. The summed E-state index contributed by atoms with van der Waals surface area (Å²) >= 11 is 0. The fourth-order valence-electron chi connectivity index (χ4n) is 1.76. The third-order valence-corrected chi connectivity index (χ3v) is 2.72. The molecule has 0 aliphatic carbocycles. The van der Waals surface area contributed by atoms with E-state index >= 15 is 0 Å². The number of hydrogen-bond donors (Lipinski definition) is 3. The van der Waals surface area contributed by atoms with E-state index in [9.17, 15) is 9.59 Å². The average molecular weight is 242 g/mol. The summed E-state index contributed by atoms with van der Waals surface area (Å²) in [6.07, 6.45) is 1.00. The number of rotatable bonds is 6. The molecule has 1 heterocycles. The Morgan fingerprint density at radius 2 is 2.06 bits per heavy atom. The largest absolute Gasteiger partial charge is 0.338 e. The Kier molecular flexibility index (Phi) is 5.93. The Bertz CT molecular complexity index is 266. The Morgan fingerprint density at radius 1 is 1.35 bits per heavy atom. The van der Waals surface area contributed by atoms with Crippen LogP contribution in [0.4, 0.5) is 4.79 Å². The summed E-state index contributed by atoms with van der Waals surface area (Å²) in [6, 6.07) is 0.00983. The zero-order chi connectivity index (χ0) is 12.7. The molecule has 98 valence electrons. The van der Waals surface area contributed by atoms with Gasteiger partial charge in [-0.1, -0.05) is 6.92 Å². The van der Waals surface area contributed by atoms with Crippen molar-refractivity contribution in [3.05, 3.63) is 0 Å². The van der Waals surface area contributed by atoms with Gasteiger partial charge in [-0.2, -0.15) is 0 Å². The fourth-order valence-corrected chi connectivity index (χ4v) is 1.76. The summed E-state index contributed by atoms with van der Waals surface area (Å²) in [4.78, 5) is 24.9.